The quantitative estimate of drug-likeness (QED) is 0.224. The molecule has 7 aromatic carbocycles. The molecule has 0 aliphatic rings. The van der Waals surface area contributed by atoms with E-state index in [0.717, 1.165) is 0 Å². The molecule has 7 aromatic rings. The first kappa shape index (κ1) is 21.8. The average Bonchev–Trinajstić information content (AvgIpc) is 2.95. The van der Waals surface area contributed by atoms with Crippen LogP contribution in [0.1, 0.15) is 25.3 Å². The summed E-state index contributed by atoms with van der Waals surface area (Å²) in [5.41, 5.74) is 6.61. The van der Waals surface area contributed by atoms with E-state index in [1.165, 1.54) is 70.9 Å². The molecule has 0 heterocycles. The molecular weight excluding hydrogens is 444 g/mol. The third-order valence-corrected chi connectivity index (χ3v) is 7.83. The van der Waals surface area contributed by atoms with Crippen molar-refractivity contribution < 1.29 is 0 Å². The zero-order chi connectivity index (χ0) is 24.9. The number of benzene rings is 7. The van der Waals surface area contributed by atoms with Crippen molar-refractivity contribution >= 4 is 43.1 Å². The fraction of sp³-hybridized carbons (Fsp3) is 0.0811. The summed E-state index contributed by atoms with van der Waals surface area (Å²) in [5, 5.41) is 10.4. The van der Waals surface area contributed by atoms with Gasteiger partial charge >= 0.3 is 0 Å². The lowest BCUT2D eigenvalue weighted by Crippen LogP contribution is -1.94. The van der Waals surface area contributed by atoms with Crippen LogP contribution in [0, 0.1) is 0 Å². The van der Waals surface area contributed by atoms with Gasteiger partial charge in [0.25, 0.3) is 0 Å². The monoisotopic (exact) mass is 472 g/mol. The summed E-state index contributed by atoms with van der Waals surface area (Å²) in [4.78, 5) is 0. The van der Waals surface area contributed by atoms with E-state index >= 15 is 0 Å². The van der Waals surface area contributed by atoms with Crippen LogP contribution in [0.5, 0.6) is 0 Å². The van der Waals surface area contributed by atoms with Gasteiger partial charge in [-0.1, -0.05) is 141 Å². The van der Waals surface area contributed by atoms with Crippen molar-refractivity contribution in [2.24, 2.45) is 0 Å². The summed E-state index contributed by atoms with van der Waals surface area (Å²) >= 11 is 0. The number of hydrogen-bond acceptors (Lipinski definition) is 0. The molecule has 0 radical (unpaired) electrons. The number of hydrogen-bond donors (Lipinski definition) is 0. The van der Waals surface area contributed by atoms with Crippen LogP contribution in [0.3, 0.4) is 0 Å². The minimum atomic E-state index is 0.456. The molecule has 0 saturated heterocycles. The molecule has 0 aliphatic heterocycles. The Morgan fingerprint density at radius 3 is 1.35 bits per heavy atom. The number of fused-ring (bicyclic) bond motifs is 4. The van der Waals surface area contributed by atoms with Gasteiger partial charge in [0.15, 0.2) is 0 Å². The fourth-order valence-electron chi connectivity index (χ4n) is 6.02. The van der Waals surface area contributed by atoms with Gasteiger partial charge in [-0.15, -0.1) is 0 Å². The molecule has 7 rings (SSSR count). The predicted octanol–water partition coefficient (Wildman–Crippen LogP) is 10.8. The molecule has 0 nitrogen and oxygen atoms in total. The molecule has 0 bridgehead atoms. The topological polar surface area (TPSA) is 0 Å². The lowest BCUT2D eigenvalue weighted by Gasteiger charge is -2.21. The smallest absolute Gasteiger partial charge is 0.00200 e. The Morgan fingerprint density at radius 2 is 0.811 bits per heavy atom. The zero-order valence-electron chi connectivity index (χ0n) is 21.2. The second-order valence-electron chi connectivity index (χ2n) is 10.3. The van der Waals surface area contributed by atoms with Crippen LogP contribution in [-0.4, -0.2) is 0 Å². The van der Waals surface area contributed by atoms with Gasteiger partial charge in [0.1, 0.15) is 0 Å². The van der Waals surface area contributed by atoms with Gasteiger partial charge in [0.05, 0.1) is 0 Å². The average molecular weight is 473 g/mol. The summed E-state index contributed by atoms with van der Waals surface area (Å²) in [5.74, 6) is 0.456. The molecule has 0 heteroatoms. The SMILES string of the molecule is CC(C)c1ccc2c(-c3cccc4ccccc34)c3ccccc3c(-c3cccc4ccccc34)c2c1. The van der Waals surface area contributed by atoms with Gasteiger partial charge in [-0.05, 0) is 76.8 Å². The van der Waals surface area contributed by atoms with Crippen LogP contribution in [-0.2, 0) is 0 Å². The molecule has 0 spiro atoms. The summed E-state index contributed by atoms with van der Waals surface area (Å²) < 4.78 is 0. The Morgan fingerprint density at radius 1 is 0.378 bits per heavy atom. The maximum Gasteiger partial charge on any atom is -0.00200 e. The highest BCUT2D eigenvalue weighted by molar-refractivity contribution is 6.25. The van der Waals surface area contributed by atoms with Gasteiger partial charge < -0.3 is 0 Å². The second-order valence-corrected chi connectivity index (χ2v) is 10.3. The maximum atomic E-state index is 2.44. The van der Waals surface area contributed by atoms with E-state index in [2.05, 4.69) is 141 Å². The van der Waals surface area contributed by atoms with E-state index in [9.17, 15) is 0 Å². The van der Waals surface area contributed by atoms with E-state index in [4.69, 9.17) is 0 Å². The Labute approximate surface area is 217 Å². The summed E-state index contributed by atoms with van der Waals surface area (Å²) in [7, 11) is 0. The second kappa shape index (κ2) is 8.61. The first-order valence-corrected chi connectivity index (χ1v) is 13.2. The molecule has 176 valence electrons. The lowest BCUT2D eigenvalue weighted by molar-refractivity contribution is 0.869. The van der Waals surface area contributed by atoms with Crippen molar-refractivity contribution in [1.29, 1.82) is 0 Å². The minimum absolute atomic E-state index is 0.456. The van der Waals surface area contributed by atoms with E-state index in [1.54, 1.807) is 0 Å². The van der Waals surface area contributed by atoms with Crippen LogP contribution in [0.15, 0.2) is 127 Å². The van der Waals surface area contributed by atoms with Gasteiger partial charge in [-0.2, -0.15) is 0 Å². The standard InChI is InChI=1S/C37H28/c1-24(2)27-21-22-34-35(23-27)37(31-20-10-14-26-12-4-6-16-29(26)31)33-18-8-7-17-32(33)36(34)30-19-9-13-25-11-3-5-15-28(25)30/h3-24H,1-2H3. The highest BCUT2D eigenvalue weighted by atomic mass is 14.2. The zero-order valence-corrected chi connectivity index (χ0v) is 21.2. The third-order valence-electron chi connectivity index (χ3n) is 7.83. The van der Waals surface area contributed by atoms with E-state index < -0.39 is 0 Å². The molecule has 0 unspecified atom stereocenters. The van der Waals surface area contributed by atoms with Crippen LogP contribution in [0.4, 0.5) is 0 Å². The van der Waals surface area contributed by atoms with Gasteiger partial charge in [0.2, 0.25) is 0 Å². The first-order valence-electron chi connectivity index (χ1n) is 13.2. The van der Waals surface area contributed by atoms with Crippen molar-refractivity contribution in [2.45, 2.75) is 19.8 Å². The van der Waals surface area contributed by atoms with Crippen LogP contribution in [0.2, 0.25) is 0 Å². The lowest BCUT2D eigenvalue weighted by atomic mass is 9.82. The Hall–Kier alpha value is -4.42. The fourth-order valence-corrected chi connectivity index (χ4v) is 6.02. The Bertz CT molecular complexity index is 1950. The predicted molar refractivity (Wildman–Crippen MR) is 161 cm³/mol. The normalized spacial score (nSPS) is 11.8. The molecular formula is C37H28. The summed E-state index contributed by atoms with van der Waals surface area (Å²) in [6, 6.07) is 47.0. The molecule has 0 aliphatic carbocycles. The molecule has 0 saturated carbocycles. The molecule has 0 fully saturated rings. The van der Waals surface area contributed by atoms with Crippen LogP contribution >= 0.6 is 0 Å². The molecule has 0 N–H and O–H groups in total. The minimum Gasteiger partial charge on any atom is -0.0616 e. The Balaban J connectivity index is 1.72. The highest BCUT2D eigenvalue weighted by Gasteiger charge is 2.19. The van der Waals surface area contributed by atoms with Crippen molar-refractivity contribution in [3.63, 3.8) is 0 Å². The largest absolute Gasteiger partial charge is 0.0616 e. The van der Waals surface area contributed by atoms with Gasteiger partial charge in [-0.3, -0.25) is 0 Å². The summed E-state index contributed by atoms with van der Waals surface area (Å²) in [6.07, 6.45) is 0. The number of rotatable bonds is 3. The van der Waals surface area contributed by atoms with Gasteiger partial charge in [-0.25, -0.2) is 0 Å². The molecule has 0 amide bonds. The van der Waals surface area contributed by atoms with Crippen molar-refractivity contribution in [1.82, 2.24) is 0 Å². The summed E-state index contributed by atoms with van der Waals surface area (Å²) in [6.45, 7) is 4.57. The molecule has 0 atom stereocenters. The van der Waals surface area contributed by atoms with Crippen molar-refractivity contribution in [3.05, 3.63) is 133 Å². The first-order chi connectivity index (χ1) is 18.2. The maximum absolute atomic E-state index is 2.44. The van der Waals surface area contributed by atoms with Gasteiger partial charge in [0, 0.05) is 0 Å². The van der Waals surface area contributed by atoms with Crippen LogP contribution < -0.4 is 0 Å². The van der Waals surface area contributed by atoms with Crippen molar-refractivity contribution in [3.8, 4) is 22.3 Å². The third kappa shape index (κ3) is 3.44. The van der Waals surface area contributed by atoms with E-state index in [1.807, 2.05) is 0 Å². The van der Waals surface area contributed by atoms with E-state index in [0.29, 0.717) is 5.92 Å². The van der Waals surface area contributed by atoms with E-state index in [-0.39, 0.29) is 0 Å². The van der Waals surface area contributed by atoms with Crippen molar-refractivity contribution in [2.75, 3.05) is 0 Å². The van der Waals surface area contributed by atoms with Crippen LogP contribution in [0.25, 0.3) is 65.3 Å². The molecule has 37 heavy (non-hydrogen) atoms. The Kier molecular flexibility index (Phi) is 5.08. The highest BCUT2D eigenvalue weighted by Crippen LogP contribution is 2.47. The molecule has 0 aromatic heterocycles.